The third-order valence-electron chi connectivity index (χ3n) is 6.19. The van der Waals surface area contributed by atoms with Gasteiger partial charge in [-0.15, -0.1) is 16.4 Å². The van der Waals surface area contributed by atoms with Crippen molar-refractivity contribution < 1.29 is 32.9 Å². The maximum atomic E-state index is 14.0. The summed E-state index contributed by atoms with van der Waals surface area (Å²) in [7, 11) is 1.35. The van der Waals surface area contributed by atoms with Gasteiger partial charge < -0.3 is 19.7 Å². The van der Waals surface area contributed by atoms with E-state index in [-0.39, 0.29) is 20.9 Å². The van der Waals surface area contributed by atoms with E-state index in [4.69, 9.17) is 44.3 Å². The molecule has 0 amide bonds. The van der Waals surface area contributed by atoms with E-state index >= 15 is 0 Å². The molecule has 1 fully saturated rings. The van der Waals surface area contributed by atoms with Crippen molar-refractivity contribution in [1.82, 2.24) is 29.8 Å². The van der Waals surface area contributed by atoms with E-state index < -0.39 is 54.5 Å². The van der Waals surface area contributed by atoms with Gasteiger partial charge in [-0.3, -0.25) is 0 Å². The van der Waals surface area contributed by atoms with Gasteiger partial charge in [0.1, 0.15) is 46.3 Å². The summed E-state index contributed by atoms with van der Waals surface area (Å²) in [4.78, 5) is 4.16. The van der Waals surface area contributed by atoms with Gasteiger partial charge in [0.05, 0.1) is 39.8 Å². The van der Waals surface area contributed by atoms with Gasteiger partial charge in [-0.2, -0.15) is 18.3 Å². The van der Waals surface area contributed by atoms with Crippen LogP contribution in [0, 0.1) is 0 Å². The van der Waals surface area contributed by atoms with Gasteiger partial charge in [-0.05, 0) is 18.2 Å². The first-order valence-electron chi connectivity index (χ1n) is 11.1. The number of hydrogen-bond donors (Lipinski definition) is 2. The molecule has 0 aliphatic carbocycles. The number of thiazole rings is 1. The van der Waals surface area contributed by atoms with Gasteiger partial charge >= 0.3 is 6.18 Å². The number of benzene rings is 1. The summed E-state index contributed by atoms with van der Waals surface area (Å²) < 4.78 is 55.9. The van der Waals surface area contributed by atoms with E-state index in [1.165, 1.54) is 41.6 Å². The Morgan fingerprint density at radius 3 is 2.59 bits per heavy atom. The van der Waals surface area contributed by atoms with Gasteiger partial charge in [-0.1, -0.05) is 40.0 Å². The zero-order chi connectivity index (χ0) is 28.1. The first-order valence-corrected chi connectivity index (χ1v) is 13.2. The highest BCUT2D eigenvalue weighted by atomic mass is 35.5. The molecule has 0 saturated carbocycles. The van der Waals surface area contributed by atoms with Crippen molar-refractivity contribution in [2.75, 3.05) is 13.7 Å². The van der Waals surface area contributed by atoms with Crippen LogP contribution in [0.15, 0.2) is 36.0 Å². The lowest BCUT2D eigenvalue weighted by molar-refractivity contribution is -0.216. The predicted molar refractivity (Wildman–Crippen MR) is 135 cm³/mol. The van der Waals surface area contributed by atoms with Gasteiger partial charge in [0, 0.05) is 18.7 Å². The smallest absolute Gasteiger partial charge is 0.394 e. The van der Waals surface area contributed by atoms with E-state index in [0.29, 0.717) is 16.8 Å². The second-order valence-corrected chi connectivity index (χ2v) is 10.5. The van der Waals surface area contributed by atoms with Crippen molar-refractivity contribution in [2.24, 2.45) is 0 Å². The molecule has 39 heavy (non-hydrogen) atoms. The molecule has 1 aromatic carbocycles. The molecule has 10 nitrogen and oxygen atoms in total. The number of methoxy groups -OCH3 is 1. The van der Waals surface area contributed by atoms with E-state index in [1.807, 2.05) is 0 Å². The summed E-state index contributed by atoms with van der Waals surface area (Å²) in [5.74, 6) is 0. The van der Waals surface area contributed by atoms with Crippen molar-refractivity contribution in [3.63, 3.8) is 0 Å². The van der Waals surface area contributed by atoms with Crippen LogP contribution in [0.25, 0.3) is 16.4 Å². The Bertz CT molecular complexity index is 1480. The maximum absolute atomic E-state index is 14.0. The molecule has 5 atom stereocenters. The highest BCUT2D eigenvalue weighted by Gasteiger charge is 2.49. The lowest BCUT2D eigenvalue weighted by atomic mass is 9.90. The highest BCUT2D eigenvalue weighted by molar-refractivity contribution is 7.13. The quantitative estimate of drug-likeness (QED) is 0.319. The lowest BCUT2D eigenvalue weighted by Gasteiger charge is -2.43. The summed E-state index contributed by atoms with van der Waals surface area (Å²) in [5.41, 5.74) is -0.978. The Balaban J connectivity index is 1.60. The van der Waals surface area contributed by atoms with Gasteiger partial charge in [0.2, 0.25) is 0 Å². The molecule has 0 radical (unpaired) electrons. The summed E-state index contributed by atoms with van der Waals surface area (Å²) in [6.07, 6.45) is -6.63. The van der Waals surface area contributed by atoms with Crippen LogP contribution < -0.4 is 0 Å². The minimum absolute atomic E-state index is 0.118. The van der Waals surface area contributed by atoms with Crippen LogP contribution in [0.1, 0.15) is 23.4 Å². The number of ether oxygens (including phenoxy) is 2. The molecular weight excluding hydrogens is 608 g/mol. The maximum Gasteiger partial charge on any atom is 0.418 e. The third kappa shape index (κ3) is 5.27. The fraction of sp³-hybridized carbons (Fsp3) is 0.364. The second kappa shape index (κ2) is 10.9. The summed E-state index contributed by atoms with van der Waals surface area (Å²) >= 11 is 19.1. The fourth-order valence-electron chi connectivity index (χ4n) is 4.46. The zero-order valence-electron chi connectivity index (χ0n) is 19.6. The molecule has 0 bridgehead atoms. The molecule has 0 unspecified atom stereocenters. The van der Waals surface area contributed by atoms with Crippen LogP contribution in [0.4, 0.5) is 13.2 Å². The molecule has 1 aliphatic heterocycles. The Hall–Kier alpha value is -2.30. The first-order chi connectivity index (χ1) is 18.5. The average molecular weight is 626 g/mol. The predicted octanol–water partition coefficient (Wildman–Crippen LogP) is 4.62. The number of aliphatic hydroxyl groups is 2. The summed E-state index contributed by atoms with van der Waals surface area (Å²) in [6, 6.07) is 2.21. The molecule has 2 N–H and O–H groups in total. The van der Waals surface area contributed by atoms with Gasteiger partial charge in [-0.25, -0.2) is 14.3 Å². The summed E-state index contributed by atoms with van der Waals surface area (Å²) in [6.45, 7) is -0.608. The van der Waals surface area contributed by atoms with E-state index in [9.17, 15) is 23.4 Å². The van der Waals surface area contributed by atoms with E-state index in [1.54, 1.807) is 5.38 Å². The van der Waals surface area contributed by atoms with Crippen molar-refractivity contribution in [3.8, 4) is 16.4 Å². The Kier molecular flexibility index (Phi) is 7.92. The molecule has 4 aromatic rings. The number of nitrogens with zero attached hydrogens (tertiary/aromatic N) is 6. The van der Waals surface area contributed by atoms with E-state index in [0.717, 1.165) is 10.7 Å². The molecule has 5 rings (SSSR count). The largest absolute Gasteiger partial charge is 0.418 e. The topological polar surface area (TPSA) is 120 Å². The monoisotopic (exact) mass is 624 g/mol. The summed E-state index contributed by atoms with van der Waals surface area (Å²) in [5, 5.41) is 35.4. The van der Waals surface area contributed by atoms with Crippen LogP contribution in [0.2, 0.25) is 15.2 Å². The number of rotatable bonds is 6. The lowest BCUT2D eigenvalue weighted by Crippen LogP contribution is -2.53. The van der Waals surface area contributed by atoms with Crippen molar-refractivity contribution >= 4 is 46.1 Å². The van der Waals surface area contributed by atoms with Crippen LogP contribution in [-0.2, 0) is 15.7 Å². The van der Waals surface area contributed by atoms with Crippen molar-refractivity contribution in [1.29, 1.82) is 0 Å². The number of halogens is 6. The molecule has 0 spiro atoms. The van der Waals surface area contributed by atoms with Gasteiger partial charge in [0.25, 0.3) is 0 Å². The Labute approximate surface area is 237 Å². The Morgan fingerprint density at radius 2 is 1.95 bits per heavy atom. The first kappa shape index (κ1) is 28.2. The number of aliphatic hydroxyl groups excluding tert-OH is 2. The molecule has 3 aromatic heterocycles. The average Bonchev–Trinajstić information content (AvgIpc) is 3.65. The standard InChI is InChI=1S/C22H18Cl3F3N6O4S/c1-37-20-17(33-6-12(31-32-33)21-30-16(25)8-39-21)18(36)15(7-35)38-19(20)13-2-3-29-34(13)14-5-11(24)10(23)4-9(14)22(26,27)28/h2-6,8,15,17-20,35-36H,7H2,1H3/t15-,17+,18+,19+,20-/m1/s1. The molecule has 17 heteroatoms. The van der Waals surface area contributed by atoms with Crippen LogP contribution >= 0.6 is 46.1 Å². The second-order valence-electron chi connectivity index (χ2n) is 8.47. The van der Waals surface area contributed by atoms with Crippen LogP contribution in [0.5, 0.6) is 0 Å². The Morgan fingerprint density at radius 1 is 1.21 bits per heavy atom. The minimum Gasteiger partial charge on any atom is -0.394 e. The van der Waals surface area contributed by atoms with Crippen molar-refractivity contribution in [3.05, 3.63) is 62.4 Å². The molecule has 208 valence electrons. The van der Waals surface area contributed by atoms with E-state index in [2.05, 4.69) is 20.4 Å². The minimum atomic E-state index is -4.79. The van der Waals surface area contributed by atoms with Crippen LogP contribution in [-0.4, -0.2) is 72.0 Å². The SMILES string of the molecule is CO[C@@H]1[C@@H](n2cc(-c3nc(Cl)cs3)nn2)[C@@H](O)[C@@H](CO)O[C@H]1c1ccnn1-c1cc(Cl)c(Cl)cc1C(F)(F)F. The molecule has 1 saturated heterocycles. The number of aromatic nitrogens is 6. The fourth-order valence-corrected chi connectivity index (χ4v) is 5.68. The number of hydrogen-bond acceptors (Lipinski definition) is 9. The molecular formula is C22H18Cl3F3N6O4S. The van der Waals surface area contributed by atoms with Crippen LogP contribution in [0.3, 0.4) is 0 Å². The third-order valence-corrected chi connectivity index (χ3v) is 8.10. The zero-order valence-corrected chi connectivity index (χ0v) is 22.7. The normalized spacial score (nSPS) is 23.9. The van der Waals surface area contributed by atoms with Crippen molar-refractivity contribution in [2.45, 2.75) is 36.6 Å². The molecule has 4 heterocycles. The molecule has 1 aliphatic rings. The highest BCUT2D eigenvalue weighted by Crippen LogP contribution is 2.43. The number of alkyl halides is 3. The van der Waals surface area contributed by atoms with Gasteiger partial charge in [0.15, 0.2) is 0 Å².